The lowest BCUT2D eigenvalue weighted by Crippen LogP contribution is -2.45. The first kappa shape index (κ1) is 31.0. The monoisotopic (exact) mass is 597 g/mol. The molecule has 0 saturated carbocycles. The van der Waals surface area contributed by atoms with Gasteiger partial charge in [0.15, 0.2) is 0 Å². The van der Waals surface area contributed by atoms with Gasteiger partial charge in [0.2, 0.25) is 5.60 Å². The van der Waals surface area contributed by atoms with E-state index >= 15 is 0 Å². The summed E-state index contributed by atoms with van der Waals surface area (Å²) in [6.45, 7) is 3.77. The van der Waals surface area contributed by atoms with Crippen molar-refractivity contribution in [3.05, 3.63) is 42.2 Å². The Kier molecular flexibility index (Phi) is 8.35. The number of anilines is 2. The fraction of sp³-hybridized carbons (Fsp3) is 0.458. The predicted molar refractivity (Wildman–Crippen MR) is 129 cm³/mol. The van der Waals surface area contributed by atoms with E-state index < -0.39 is 63.2 Å². The second kappa shape index (κ2) is 10.8. The Bertz CT molecular complexity index is 1390. The Hall–Kier alpha value is -3.56. The molecule has 0 fully saturated rings. The number of hydrogen-bond acceptors (Lipinski definition) is 7. The molecule has 9 nitrogen and oxygen atoms in total. The van der Waals surface area contributed by atoms with Crippen molar-refractivity contribution in [1.29, 1.82) is 0 Å². The van der Waals surface area contributed by atoms with Crippen molar-refractivity contribution in [3.8, 4) is 5.75 Å². The number of halogens is 6. The Labute approximate surface area is 225 Å². The Morgan fingerprint density at radius 2 is 1.80 bits per heavy atom. The lowest BCUT2D eigenvalue weighted by atomic mass is 9.99. The fourth-order valence-corrected chi connectivity index (χ4v) is 5.10. The van der Waals surface area contributed by atoms with E-state index in [0.717, 1.165) is 16.4 Å². The van der Waals surface area contributed by atoms with Gasteiger partial charge in [-0.2, -0.15) is 26.3 Å². The molecule has 2 aromatic rings. The summed E-state index contributed by atoms with van der Waals surface area (Å²) in [5, 5.41) is 2.08. The molecule has 16 heteroatoms. The van der Waals surface area contributed by atoms with Gasteiger partial charge in [-0.3, -0.25) is 19.4 Å². The van der Waals surface area contributed by atoms with Crippen molar-refractivity contribution in [2.24, 2.45) is 5.92 Å². The Balaban J connectivity index is 2.02. The number of benzene rings is 1. The molecular formula is C24H25F6N3O6S. The van der Waals surface area contributed by atoms with E-state index in [2.05, 4.69) is 15.0 Å². The number of rotatable bonds is 7. The van der Waals surface area contributed by atoms with E-state index in [1.54, 1.807) is 6.92 Å². The molecule has 220 valence electrons. The Morgan fingerprint density at radius 3 is 2.38 bits per heavy atom. The minimum atomic E-state index is -4.93. The lowest BCUT2D eigenvalue weighted by Gasteiger charge is -2.36. The van der Waals surface area contributed by atoms with Gasteiger partial charge in [-0.1, -0.05) is 6.92 Å². The number of hydrogen-bond donors (Lipinski definition) is 1. The molecule has 1 aromatic carbocycles. The van der Waals surface area contributed by atoms with Crippen LogP contribution in [0.5, 0.6) is 5.75 Å². The summed E-state index contributed by atoms with van der Waals surface area (Å²) in [7, 11) is -4.70. The van der Waals surface area contributed by atoms with Crippen LogP contribution in [-0.2, 0) is 25.7 Å². The van der Waals surface area contributed by atoms with Gasteiger partial charge in [-0.25, -0.2) is 13.2 Å². The quantitative estimate of drug-likeness (QED) is 0.416. The van der Waals surface area contributed by atoms with Crippen molar-refractivity contribution >= 4 is 33.3 Å². The molecule has 3 rings (SSSR count). The number of carbonyl (C=O) groups excluding carboxylic acids is 2. The zero-order chi connectivity index (χ0) is 30.3. The van der Waals surface area contributed by atoms with Gasteiger partial charge < -0.3 is 9.47 Å². The number of Topliss-reactive ketones (excluding diaryl/α,β-unsaturated/α-hetero) is 1. The summed E-state index contributed by atoms with van der Waals surface area (Å²) in [6, 6.07) is 4.71. The fourth-order valence-electron chi connectivity index (χ4n) is 3.59. The summed E-state index contributed by atoms with van der Waals surface area (Å²) in [6.07, 6.45) is -11.4. The number of alkyl halides is 6. The van der Waals surface area contributed by atoms with E-state index in [1.165, 1.54) is 19.1 Å². The topological polar surface area (TPSA) is 115 Å². The van der Waals surface area contributed by atoms with E-state index in [1.807, 2.05) is 0 Å². The first-order valence-corrected chi connectivity index (χ1v) is 13.1. The number of sulfonamides is 1. The third-order valence-corrected chi connectivity index (χ3v) is 7.86. The van der Waals surface area contributed by atoms with E-state index in [9.17, 15) is 44.3 Å². The van der Waals surface area contributed by atoms with Crippen molar-refractivity contribution < 1.29 is 53.8 Å². The highest BCUT2D eigenvalue weighted by Crippen LogP contribution is 2.41. The van der Waals surface area contributed by atoms with Crippen LogP contribution in [0.15, 0.2) is 41.4 Å². The highest BCUT2D eigenvalue weighted by Gasteiger charge is 2.51. The average Bonchev–Trinajstić information content (AvgIpc) is 2.82. The second-order valence-corrected chi connectivity index (χ2v) is 11.5. The highest BCUT2D eigenvalue weighted by molar-refractivity contribution is 7.92. The molecule has 2 atom stereocenters. The smallest absolute Gasteiger partial charge is 0.433 e. The van der Waals surface area contributed by atoms with Crippen LogP contribution in [0.2, 0.25) is 0 Å². The number of amides is 1. The number of ether oxygens (including phenoxy) is 2. The van der Waals surface area contributed by atoms with Crippen LogP contribution in [0.3, 0.4) is 0 Å². The largest absolute Gasteiger partial charge is 0.486 e. The van der Waals surface area contributed by atoms with Crippen LogP contribution in [-0.4, -0.2) is 49.7 Å². The maximum Gasteiger partial charge on any atom is 0.433 e. The lowest BCUT2D eigenvalue weighted by molar-refractivity contribution is -0.242. The minimum Gasteiger partial charge on any atom is -0.486 e. The van der Waals surface area contributed by atoms with Crippen LogP contribution in [0.25, 0.3) is 0 Å². The van der Waals surface area contributed by atoms with E-state index in [0.29, 0.717) is 26.1 Å². The first-order valence-electron chi connectivity index (χ1n) is 11.7. The van der Waals surface area contributed by atoms with Crippen molar-refractivity contribution in [2.75, 3.05) is 16.2 Å². The summed E-state index contributed by atoms with van der Waals surface area (Å²) >= 11 is 0. The normalized spacial score (nSPS) is 16.9. The molecule has 0 saturated heterocycles. The molecule has 40 heavy (non-hydrogen) atoms. The SMILES string of the molecule is CC(=O)C(C)CC1CN(S(=O)(=O)c2ccnc(C(F)(F)F)c2)c2cc(NC(=O)OC(C)(C)C(F)(F)F)ccc2O1. The van der Waals surface area contributed by atoms with Crippen molar-refractivity contribution in [3.63, 3.8) is 0 Å². The highest BCUT2D eigenvalue weighted by atomic mass is 32.2. The van der Waals surface area contributed by atoms with Gasteiger partial charge in [-0.15, -0.1) is 0 Å². The molecule has 1 aliphatic heterocycles. The van der Waals surface area contributed by atoms with Gasteiger partial charge in [-0.05, 0) is 57.5 Å². The van der Waals surface area contributed by atoms with Gasteiger partial charge >= 0.3 is 18.4 Å². The summed E-state index contributed by atoms with van der Waals surface area (Å²) in [5.74, 6) is -0.802. The van der Waals surface area contributed by atoms with Crippen LogP contribution in [0.1, 0.15) is 39.8 Å². The molecule has 1 N–H and O–H groups in total. The van der Waals surface area contributed by atoms with Crippen LogP contribution in [0.4, 0.5) is 42.5 Å². The number of nitrogens with one attached hydrogen (secondary N) is 1. The molecular weight excluding hydrogens is 572 g/mol. The minimum absolute atomic E-state index is 0.0600. The number of nitrogens with zero attached hydrogens (tertiary/aromatic N) is 2. The van der Waals surface area contributed by atoms with Crippen molar-refractivity contribution in [2.45, 2.75) is 63.1 Å². The number of aromatic nitrogens is 1. The molecule has 0 spiro atoms. The maximum atomic E-state index is 13.6. The van der Waals surface area contributed by atoms with Crippen LogP contribution >= 0.6 is 0 Å². The van der Waals surface area contributed by atoms with E-state index in [4.69, 9.17) is 4.74 Å². The van der Waals surface area contributed by atoms with Gasteiger partial charge in [0.05, 0.1) is 17.1 Å². The molecule has 2 heterocycles. The third kappa shape index (κ3) is 6.77. The summed E-state index contributed by atoms with van der Waals surface area (Å²) in [5.41, 5.74) is -4.70. The molecule has 0 aliphatic carbocycles. The van der Waals surface area contributed by atoms with Gasteiger partial charge in [0.25, 0.3) is 10.0 Å². The van der Waals surface area contributed by atoms with Crippen LogP contribution < -0.4 is 14.4 Å². The first-order chi connectivity index (χ1) is 18.2. The number of fused-ring (bicyclic) bond motifs is 1. The standard InChI is InChI=1S/C24H25F6N3O6S/c1-13(14(2)34)9-16-12-33(40(36,37)17-7-8-31-20(11-17)23(25,26)27)18-10-15(5-6-19(18)38-16)32-21(35)39-22(3,4)24(28,29)30/h5-8,10-11,13,16H,9,12H2,1-4H3,(H,32,35). The number of carbonyl (C=O) groups is 2. The molecule has 0 radical (unpaired) electrons. The summed E-state index contributed by atoms with van der Waals surface area (Å²) in [4.78, 5) is 26.4. The third-order valence-electron chi connectivity index (χ3n) is 6.09. The predicted octanol–water partition coefficient (Wildman–Crippen LogP) is 5.56. The zero-order valence-electron chi connectivity index (χ0n) is 21.6. The Morgan fingerprint density at radius 1 is 1.15 bits per heavy atom. The molecule has 1 amide bonds. The molecule has 0 bridgehead atoms. The molecule has 1 aromatic heterocycles. The number of ketones is 1. The molecule has 2 unspecified atom stereocenters. The molecule has 1 aliphatic rings. The number of pyridine rings is 1. The zero-order valence-corrected chi connectivity index (χ0v) is 22.4. The van der Waals surface area contributed by atoms with E-state index in [-0.39, 0.29) is 29.3 Å². The maximum absolute atomic E-state index is 13.6. The summed E-state index contributed by atoms with van der Waals surface area (Å²) < 4.78 is 117. The second-order valence-electron chi connectivity index (χ2n) is 9.60. The van der Waals surface area contributed by atoms with Gasteiger partial charge in [0, 0.05) is 17.8 Å². The van der Waals surface area contributed by atoms with Gasteiger partial charge in [0.1, 0.15) is 23.3 Å². The van der Waals surface area contributed by atoms with Crippen molar-refractivity contribution in [1.82, 2.24) is 4.98 Å². The van der Waals surface area contributed by atoms with Crippen LogP contribution in [0, 0.1) is 5.92 Å². The average molecular weight is 598 g/mol.